The van der Waals surface area contributed by atoms with Gasteiger partial charge in [-0.2, -0.15) is 0 Å². The fourth-order valence-corrected chi connectivity index (χ4v) is 3.03. The Kier molecular flexibility index (Phi) is 2.36. The van der Waals surface area contributed by atoms with Crippen LogP contribution in [0.3, 0.4) is 0 Å². The van der Waals surface area contributed by atoms with Crippen LogP contribution in [-0.4, -0.2) is 25.7 Å². The average molecular weight is 220 g/mol. The lowest BCUT2D eigenvalue weighted by Crippen LogP contribution is -2.30. The van der Waals surface area contributed by atoms with Gasteiger partial charge < -0.3 is 10.2 Å². The van der Waals surface area contributed by atoms with Crippen LogP contribution in [0.15, 0.2) is 24.3 Å². The van der Waals surface area contributed by atoms with Crippen molar-refractivity contribution < 1.29 is 4.39 Å². The first-order valence-corrected chi connectivity index (χ1v) is 5.98. The third kappa shape index (κ3) is 1.59. The molecule has 3 atom stereocenters. The minimum atomic E-state index is -0.154. The van der Waals surface area contributed by atoms with Gasteiger partial charge >= 0.3 is 0 Å². The van der Waals surface area contributed by atoms with E-state index in [4.69, 9.17) is 0 Å². The Hall–Kier alpha value is -1.09. The predicted octanol–water partition coefficient (Wildman–Crippen LogP) is 1.87. The van der Waals surface area contributed by atoms with Crippen molar-refractivity contribution in [3.05, 3.63) is 30.1 Å². The Balaban J connectivity index is 1.76. The quantitative estimate of drug-likeness (QED) is 0.777. The van der Waals surface area contributed by atoms with Gasteiger partial charge in [0.05, 0.1) is 0 Å². The lowest BCUT2D eigenvalue weighted by atomic mass is 9.95. The summed E-state index contributed by atoms with van der Waals surface area (Å²) in [5.41, 5.74) is 1.16. The molecule has 0 saturated carbocycles. The highest BCUT2D eigenvalue weighted by molar-refractivity contribution is 5.47. The largest absolute Gasteiger partial charge is 0.371 e. The molecule has 2 aliphatic rings. The molecule has 3 heteroatoms. The Bertz CT molecular complexity index is 376. The Morgan fingerprint density at radius 2 is 2.00 bits per heavy atom. The molecule has 0 unspecified atom stereocenters. The van der Waals surface area contributed by atoms with E-state index in [1.165, 1.54) is 0 Å². The number of rotatable bonds is 1. The fraction of sp³-hybridized carbons (Fsp3) is 0.538. The minimum absolute atomic E-state index is 0.154. The molecule has 0 amide bonds. The van der Waals surface area contributed by atoms with Crippen molar-refractivity contribution in [1.82, 2.24) is 5.32 Å². The van der Waals surface area contributed by atoms with Gasteiger partial charge in [0.2, 0.25) is 0 Å². The molecule has 1 aromatic carbocycles. The first-order chi connectivity index (χ1) is 7.74. The van der Waals surface area contributed by atoms with Gasteiger partial charge in [-0.25, -0.2) is 4.39 Å². The number of fused-ring (bicyclic) bond motifs is 1. The van der Waals surface area contributed by atoms with Gasteiger partial charge in [-0.15, -0.1) is 0 Å². The van der Waals surface area contributed by atoms with Crippen molar-refractivity contribution in [3.8, 4) is 0 Å². The van der Waals surface area contributed by atoms with Crippen LogP contribution >= 0.6 is 0 Å². The van der Waals surface area contributed by atoms with E-state index in [9.17, 15) is 4.39 Å². The molecular weight excluding hydrogens is 203 g/mol. The van der Waals surface area contributed by atoms with E-state index in [0.29, 0.717) is 6.04 Å². The van der Waals surface area contributed by atoms with Gasteiger partial charge in [0.25, 0.3) is 0 Å². The zero-order chi connectivity index (χ0) is 11.1. The monoisotopic (exact) mass is 220 g/mol. The summed E-state index contributed by atoms with van der Waals surface area (Å²) in [7, 11) is 0. The first-order valence-electron chi connectivity index (χ1n) is 5.98. The highest BCUT2D eigenvalue weighted by Crippen LogP contribution is 2.33. The summed E-state index contributed by atoms with van der Waals surface area (Å²) in [5, 5.41) is 3.52. The SMILES string of the molecule is C[C@@H]1NC[C@H]2CN(c3ccc(F)cc3)C[C@H]21. The summed E-state index contributed by atoms with van der Waals surface area (Å²) in [4.78, 5) is 2.38. The Labute approximate surface area is 95.4 Å². The Morgan fingerprint density at radius 3 is 2.69 bits per heavy atom. The molecule has 2 heterocycles. The van der Waals surface area contributed by atoms with E-state index in [0.717, 1.165) is 37.2 Å². The second-order valence-corrected chi connectivity index (χ2v) is 5.00. The first kappa shape index (κ1) is 10.1. The van der Waals surface area contributed by atoms with Crippen LogP contribution < -0.4 is 10.2 Å². The number of halogens is 1. The van der Waals surface area contributed by atoms with Crippen LogP contribution in [0.2, 0.25) is 0 Å². The van der Waals surface area contributed by atoms with Gasteiger partial charge in [-0.05, 0) is 43.0 Å². The van der Waals surface area contributed by atoms with Gasteiger partial charge in [0.15, 0.2) is 0 Å². The van der Waals surface area contributed by atoms with E-state index < -0.39 is 0 Å². The van der Waals surface area contributed by atoms with Crippen molar-refractivity contribution in [3.63, 3.8) is 0 Å². The lowest BCUT2D eigenvalue weighted by molar-refractivity contribution is 0.464. The summed E-state index contributed by atoms with van der Waals surface area (Å²) < 4.78 is 12.8. The average Bonchev–Trinajstić information content (AvgIpc) is 2.83. The number of hydrogen-bond acceptors (Lipinski definition) is 2. The van der Waals surface area contributed by atoms with Crippen molar-refractivity contribution in [2.75, 3.05) is 24.5 Å². The maximum absolute atomic E-state index is 12.8. The normalized spacial score (nSPS) is 33.1. The topological polar surface area (TPSA) is 15.3 Å². The third-order valence-corrected chi connectivity index (χ3v) is 4.03. The van der Waals surface area contributed by atoms with E-state index in [1.54, 1.807) is 12.1 Å². The highest BCUT2D eigenvalue weighted by Gasteiger charge is 2.40. The Morgan fingerprint density at radius 1 is 1.25 bits per heavy atom. The van der Waals surface area contributed by atoms with Crippen LogP contribution in [0.5, 0.6) is 0 Å². The van der Waals surface area contributed by atoms with Crippen LogP contribution in [0.25, 0.3) is 0 Å². The number of nitrogens with zero attached hydrogens (tertiary/aromatic N) is 1. The molecule has 1 N–H and O–H groups in total. The highest BCUT2D eigenvalue weighted by atomic mass is 19.1. The molecule has 0 aliphatic carbocycles. The van der Waals surface area contributed by atoms with Crippen molar-refractivity contribution in [1.29, 1.82) is 0 Å². The molecule has 2 aliphatic heterocycles. The summed E-state index contributed by atoms with van der Waals surface area (Å²) >= 11 is 0. The summed E-state index contributed by atoms with van der Waals surface area (Å²) in [5.74, 6) is 1.36. The van der Waals surface area contributed by atoms with E-state index >= 15 is 0 Å². The summed E-state index contributed by atoms with van der Waals surface area (Å²) in [6.07, 6.45) is 0. The van der Waals surface area contributed by atoms with Crippen molar-refractivity contribution in [2.45, 2.75) is 13.0 Å². The zero-order valence-electron chi connectivity index (χ0n) is 9.49. The van der Waals surface area contributed by atoms with Crippen molar-refractivity contribution in [2.24, 2.45) is 11.8 Å². The lowest BCUT2D eigenvalue weighted by Gasteiger charge is -2.21. The van der Waals surface area contributed by atoms with Crippen molar-refractivity contribution >= 4 is 5.69 Å². The molecular formula is C13H17FN2. The minimum Gasteiger partial charge on any atom is -0.371 e. The van der Waals surface area contributed by atoms with E-state index in [2.05, 4.69) is 17.1 Å². The van der Waals surface area contributed by atoms with Crippen LogP contribution in [0.4, 0.5) is 10.1 Å². The third-order valence-electron chi connectivity index (χ3n) is 4.03. The molecule has 2 fully saturated rings. The number of hydrogen-bond donors (Lipinski definition) is 1. The molecule has 1 aromatic rings. The summed E-state index contributed by atoms with van der Waals surface area (Å²) in [6.45, 7) is 5.60. The molecule has 0 bridgehead atoms. The number of benzene rings is 1. The number of anilines is 1. The maximum Gasteiger partial charge on any atom is 0.123 e. The van der Waals surface area contributed by atoms with Crippen LogP contribution in [0.1, 0.15) is 6.92 Å². The smallest absolute Gasteiger partial charge is 0.123 e. The van der Waals surface area contributed by atoms with Gasteiger partial charge in [-0.3, -0.25) is 0 Å². The van der Waals surface area contributed by atoms with Crippen LogP contribution in [-0.2, 0) is 0 Å². The molecule has 3 rings (SSSR count). The zero-order valence-corrected chi connectivity index (χ0v) is 9.49. The predicted molar refractivity (Wildman–Crippen MR) is 63.1 cm³/mol. The molecule has 2 nitrogen and oxygen atoms in total. The standard InChI is InChI=1S/C13H17FN2/c1-9-13-8-16(7-10(13)6-15-9)12-4-2-11(14)3-5-12/h2-5,9-10,13,15H,6-8H2,1H3/t9-,10-,13-/m0/s1. The van der Waals surface area contributed by atoms with Gasteiger partial charge in [0, 0.05) is 31.4 Å². The van der Waals surface area contributed by atoms with Crippen LogP contribution in [0, 0.1) is 17.7 Å². The molecule has 86 valence electrons. The second kappa shape index (κ2) is 3.74. The van der Waals surface area contributed by atoms with Gasteiger partial charge in [0.1, 0.15) is 5.82 Å². The molecule has 0 aromatic heterocycles. The van der Waals surface area contributed by atoms with E-state index in [-0.39, 0.29) is 5.82 Å². The summed E-state index contributed by atoms with van der Waals surface area (Å²) in [6, 6.07) is 7.48. The molecule has 2 saturated heterocycles. The maximum atomic E-state index is 12.8. The molecule has 0 radical (unpaired) electrons. The second-order valence-electron chi connectivity index (χ2n) is 5.00. The van der Waals surface area contributed by atoms with Gasteiger partial charge in [-0.1, -0.05) is 0 Å². The van der Waals surface area contributed by atoms with E-state index in [1.807, 2.05) is 12.1 Å². The fourth-order valence-electron chi connectivity index (χ4n) is 3.03. The molecule has 16 heavy (non-hydrogen) atoms. The molecule has 0 spiro atoms. The number of nitrogens with one attached hydrogen (secondary N) is 1.